The van der Waals surface area contributed by atoms with Gasteiger partial charge in [0.25, 0.3) is 0 Å². The Morgan fingerprint density at radius 3 is 2.71 bits per heavy atom. The zero-order valence-corrected chi connectivity index (χ0v) is 13.0. The SMILES string of the molecule is Cc1cccc(C(C)Nc2ncc(C(N)=O)cc2Cl)c1C. The number of amides is 1. The third-order valence-electron chi connectivity index (χ3n) is 3.59. The highest BCUT2D eigenvalue weighted by Crippen LogP contribution is 2.27. The lowest BCUT2D eigenvalue weighted by atomic mass is 9.98. The van der Waals surface area contributed by atoms with Crippen molar-refractivity contribution in [2.24, 2.45) is 5.73 Å². The van der Waals surface area contributed by atoms with E-state index >= 15 is 0 Å². The van der Waals surface area contributed by atoms with Crippen molar-refractivity contribution < 1.29 is 4.79 Å². The molecule has 0 aliphatic heterocycles. The summed E-state index contributed by atoms with van der Waals surface area (Å²) in [6.07, 6.45) is 1.42. The molecule has 21 heavy (non-hydrogen) atoms. The molecule has 0 saturated carbocycles. The molecule has 0 aliphatic carbocycles. The standard InChI is InChI=1S/C16H18ClN3O/c1-9-5-4-6-13(10(9)2)11(3)20-16-14(17)7-12(8-19-16)15(18)21/h4-8,11H,1-3H3,(H2,18,21)(H,19,20). The predicted octanol–water partition coefficient (Wildman–Crippen LogP) is 3.62. The topological polar surface area (TPSA) is 68.0 Å². The van der Waals surface area contributed by atoms with Crippen LogP contribution >= 0.6 is 11.6 Å². The lowest BCUT2D eigenvalue weighted by Crippen LogP contribution is -2.13. The number of halogens is 1. The molecule has 2 rings (SSSR count). The number of carbonyl (C=O) groups is 1. The van der Waals surface area contributed by atoms with E-state index < -0.39 is 5.91 Å². The average Bonchev–Trinajstić information content (AvgIpc) is 2.43. The maximum atomic E-state index is 11.1. The van der Waals surface area contributed by atoms with Gasteiger partial charge in [0.05, 0.1) is 16.6 Å². The number of nitrogens with one attached hydrogen (secondary N) is 1. The van der Waals surface area contributed by atoms with E-state index in [2.05, 4.69) is 36.3 Å². The summed E-state index contributed by atoms with van der Waals surface area (Å²) in [5.74, 6) is -0.00593. The van der Waals surface area contributed by atoms with Crippen molar-refractivity contribution in [2.75, 3.05) is 5.32 Å². The summed E-state index contributed by atoms with van der Waals surface area (Å²) in [6, 6.07) is 7.76. The largest absolute Gasteiger partial charge is 0.366 e. The number of benzene rings is 1. The van der Waals surface area contributed by atoms with Crippen molar-refractivity contribution in [2.45, 2.75) is 26.8 Å². The summed E-state index contributed by atoms with van der Waals surface area (Å²) in [4.78, 5) is 15.3. The first-order chi connectivity index (χ1) is 9.90. The molecule has 1 heterocycles. The Morgan fingerprint density at radius 1 is 1.38 bits per heavy atom. The van der Waals surface area contributed by atoms with Gasteiger partial charge in [-0.2, -0.15) is 0 Å². The molecule has 1 aromatic heterocycles. The highest BCUT2D eigenvalue weighted by Gasteiger charge is 2.13. The zero-order chi connectivity index (χ0) is 15.6. The molecule has 1 atom stereocenters. The fourth-order valence-corrected chi connectivity index (χ4v) is 2.43. The van der Waals surface area contributed by atoms with Gasteiger partial charge in [0.15, 0.2) is 0 Å². The second kappa shape index (κ2) is 6.14. The van der Waals surface area contributed by atoms with Crippen LogP contribution < -0.4 is 11.1 Å². The number of nitrogens with zero attached hydrogens (tertiary/aromatic N) is 1. The molecule has 5 heteroatoms. The maximum absolute atomic E-state index is 11.1. The van der Waals surface area contributed by atoms with Gasteiger partial charge in [0.2, 0.25) is 5.91 Å². The second-order valence-corrected chi connectivity index (χ2v) is 5.48. The minimum Gasteiger partial charge on any atom is -0.366 e. The third-order valence-corrected chi connectivity index (χ3v) is 3.88. The van der Waals surface area contributed by atoms with Gasteiger partial charge in [0.1, 0.15) is 5.82 Å². The highest BCUT2D eigenvalue weighted by atomic mass is 35.5. The number of nitrogens with two attached hydrogens (primary N) is 1. The van der Waals surface area contributed by atoms with Crippen molar-refractivity contribution in [3.8, 4) is 0 Å². The summed E-state index contributed by atoms with van der Waals surface area (Å²) in [5.41, 5.74) is 9.17. The smallest absolute Gasteiger partial charge is 0.250 e. The molecule has 0 fully saturated rings. The first-order valence-electron chi connectivity index (χ1n) is 6.68. The Labute approximate surface area is 129 Å². The van der Waals surface area contributed by atoms with Crippen molar-refractivity contribution in [1.82, 2.24) is 4.98 Å². The first-order valence-corrected chi connectivity index (χ1v) is 7.06. The van der Waals surface area contributed by atoms with Gasteiger partial charge in [-0.15, -0.1) is 0 Å². The van der Waals surface area contributed by atoms with Crippen LogP contribution in [0.3, 0.4) is 0 Å². The Kier molecular flexibility index (Phi) is 4.48. The summed E-state index contributed by atoms with van der Waals surface area (Å²) in [7, 11) is 0. The van der Waals surface area contributed by atoms with E-state index in [0.717, 1.165) is 0 Å². The molecule has 0 aliphatic rings. The second-order valence-electron chi connectivity index (χ2n) is 5.07. The molecule has 2 aromatic rings. The normalized spacial score (nSPS) is 12.0. The number of aromatic nitrogens is 1. The Hall–Kier alpha value is -2.07. The van der Waals surface area contributed by atoms with Gasteiger partial charge in [-0.1, -0.05) is 29.8 Å². The molecule has 0 bridgehead atoms. The number of aryl methyl sites for hydroxylation is 1. The van der Waals surface area contributed by atoms with Crippen molar-refractivity contribution in [3.05, 3.63) is 57.7 Å². The van der Waals surface area contributed by atoms with Crippen LogP contribution in [0.15, 0.2) is 30.5 Å². The van der Waals surface area contributed by atoms with Crippen LogP contribution in [0.25, 0.3) is 0 Å². The predicted molar refractivity (Wildman–Crippen MR) is 85.7 cm³/mol. The van der Waals surface area contributed by atoms with Gasteiger partial charge >= 0.3 is 0 Å². The molecule has 1 aromatic carbocycles. The Morgan fingerprint density at radius 2 is 2.10 bits per heavy atom. The van der Waals surface area contributed by atoms with Crippen LogP contribution in [-0.2, 0) is 0 Å². The summed E-state index contributed by atoms with van der Waals surface area (Å²) >= 11 is 6.14. The summed E-state index contributed by atoms with van der Waals surface area (Å²) < 4.78 is 0. The number of hydrogen-bond donors (Lipinski definition) is 2. The molecule has 110 valence electrons. The molecule has 1 amide bonds. The van der Waals surface area contributed by atoms with E-state index in [9.17, 15) is 4.79 Å². The number of pyridine rings is 1. The quantitative estimate of drug-likeness (QED) is 0.906. The third kappa shape index (κ3) is 3.34. The molecule has 3 N–H and O–H groups in total. The number of primary amides is 1. The van der Waals surface area contributed by atoms with E-state index in [-0.39, 0.29) is 6.04 Å². The number of hydrogen-bond acceptors (Lipinski definition) is 3. The van der Waals surface area contributed by atoms with Crippen LogP contribution in [0.2, 0.25) is 5.02 Å². The molecule has 0 radical (unpaired) electrons. The van der Waals surface area contributed by atoms with Crippen LogP contribution in [0.5, 0.6) is 0 Å². The van der Waals surface area contributed by atoms with E-state index in [0.29, 0.717) is 16.4 Å². The number of carbonyl (C=O) groups excluding carboxylic acids is 1. The summed E-state index contributed by atoms with van der Waals surface area (Å²) in [5, 5.41) is 3.64. The molecular formula is C16H18ClN3O. The summed E-state index contributed by atoms with van der Waals surface area (Å²) in [6.45, 7) is 6.22. The Bertz CT molecular complexity index is 685. The lowest BCUT2D eigenvalue weighted by Gasteiger charge is -2.19. The molecule has 1 unspecified atom stereocenters. The van der Waals surface area contributed by atoms with E-state index in [1.807, 2.05) is 13.0 Å². The van der Waals surface area contributed by atoms with Gasteiger partial charge in [0, 0.05) is 6.20 Å². The molecule has 4 nitrogen and oxygen atoms in total. The van der Waals surface area contributed by atoms with Crippen LogP contribution in [0.1, 0.15) is 40.0 Å². The van der Waals surface area contributed by atoms with Gasteiger partial charge in [-0.25, -0.2) is 4.98 Å². The van der Waals surface area contributed by atoms with Crippen molar-refractivity contribution in [3.63, 3.8) is 0 Å². The van der Waals surface area contributed by atoms with Crippen LogP contribution in [-0.4, -0.2) is 10.9 Å². The number of anilines is 1. The maximum Gasteiger partial charge on any atom is 0.250 e. The fraction of sp³-hybridized carbons (Fsp3) is 0.250. The number of rotatable bonds is 4. The van der Waals surface area contributed by atoms with Crippen molar-refractivity contribution >= 4 is 23.3 Å². The zero-order valence-electron chi connectivity index (χ0n) is 12.3. The molecule has 0 saturated heterocycles. The first kappa shape index (κ1) is 15.3. The van der Waals surface area contributed by atoms with Gasteiger partial charge < -0.3 is 11.1 Å². The Balaban J connectivity index is 2.25. The van der Waals surface area contributed by atoms with E-state index in [1.54, 1.807) is 0 Å². The monoisotopic (exact) mass is 303 g/mol. The van der Waals surface area contributed by atoms with Crippen molar-refractivity contribution in [1.29, 1.82) is 0 Å². The minimum atomic E-state index is -0.543. The molecular weight excluding hydrogens is 286 g/mol. The molecule has 0 spiro atoms. The minimum absolute atomic E-state index is 0.0503. The van der Waals surface area contributed by atoms with E-state index in [4.69, 9.17) is 17.3 Å². The van der Waals surface area contributed by atoms with Crippen LogP contribution in [0, 0.1) is 13.8 Å². The highest BCUT2D eigenvalue weighted by molar-refractivity contribution is 6.33. The average molecular weight is 304 g/mol. The van der Waals surface area contributed by atoms with Crippen LogP contribution in [0.4, 0.5) is 5.82 Å². The van der Waals surface area contributed by atoms with E-state index in [1.165, 1.54) is 29.0 Å². The van der Waals surface area contributed by atoms with Gasteiger partial charge in [-0.05, 0) is 43.5 Å². The lowest BCUT2D eigenvalue weighted by molar-refractivity contribution is 0.1000. The fourth-order valence-electron chi connectivity index (χ4n) is 2.20. The van der Waals surface area contributed by atoms with Gasteiger partial charge in [-0.3, -0.25) is 4.79 Å².